The third-order valence-electron chi connectivity index (χ3n) is 4.30. The Kier molecular flexibility index (Phi) is 4.31. The first-order valence-electron chi connectivity index (χ1n) is 7.64. The molecule has 0 spiro atoms. The highest BCUT2D eigenvalue weighted by atomic mass is 16.5. The van der Waals surface area contributed by atoms with Crippen LogP contribution in [0.5, 0.6) is 0 Å². The van der Waals surface area contributed by atoms with Gasteiger partial charge in [-0.25, -0.2) is 14.4 Å². The van der Waals surface area contributed by atoms with Crippen LogP contribution in [0.4, 0.5) is 0 Å². The predicted octanol–water partition coefficient (Wildman–Crippen LogP) is 2.07. The molecular weight excluding hydrogens is 326 g/mol. The summed E-state index contributed by atoms with van der Waals surface area (Å²) in [5, 5.41) is 0. The smallest absolute Gasteiger partial charge is 0.355 e. The number of esters is 3. The number of aryl methyl sites for hydroxylation is 1. The van der Waals surface area contributed by atoms with Crippen LogP contribution in [0.2, 0.25) is 0 Å². The molecule has 0 saturated heterocycles. The van der Waals surface area contributed by atoms with Gasteiger partial charge in [-0.05, 0) is 12.0 Å². The first kappa shape index (κ1) is 16.8. The van der Waals surface area contributed by atoms with Crippen molar-refractivity contribution in [3.05, 3.63) is 46.6 Å². The van der Waals surface area contributed by atoms with Crippen LogP contribution >= 0.6 is 0 Å². The van der Waals surface area contributed by atoms with E-state index in [9.17, 15) is 14.4 Å². The lowest BCUT2D eigenvalue weighted by Gasteiger charge is -2.21. The lowest BCUT2D eigenvalue weighted by atomic mass is 9.95. The molecule has 0 amide bonds. The van der Waals surface area contributed by atoms with E-state index in [0.29, 0.717) is 18.7 Å². The SMILES string of the molecule is COC(=O)c1c(C(=O)OC)c2n(c1C(=O)OC)CCc1ccccc1-2. The number of aromatic nitrogens is 1. The molecule has 0 saturated carbocycles. The average Bonchev–Trinajstić information content (AvgIpc) is 3.01. The lowest BCUT2D eigenvalue weighted by molar-refractivity contribution is 0.0534. The molecule has 1 aliphatic heterocycles. The summed E-state index contributed by atoms with van der Waals surface area (Å²) in [6.45, 7) is 0.428. The summed E-state index contributed by atoms with van der Waals surface area (Å²) in [6.07, 6.45) is 0.656. The van der Waals surface area contributed by atoms with Crippen molar-refractivity contribution in [3.63, 3.8) is 0 Å². The van der Waals surface area contributed by atoms with Crippen molar-refractivity contribution in [1.82, 2.24) is 4.57 Å². The van der Waals surface area contributed by atoms with Gasteiger partial charge in [0.15, 0.2) is 0 Å². The number of benzene rings is 1. The first-order valence-corrected chi connectivity index (χ1v) is 7.64. The molecule has 0 bridgehead atoms. The summed E-state index contributed by atoms with van der Waals surface area (Å²) in [7, 11) is 3.63. The monoisotopic (exact) mass is 343 g/mol. The molecule has 0 fully saturated rings. The van der Waals surface area contributed by atoms with E-state index in [-0.39, 0.29) is 16.8 Å². The molecule has 25 heavy (non-hydrogen) atoms. The van der Waals surface area contributed by atoms with Gasteiger partial charge in [0, 0.05) is 12.1 Å². The zero-order chi connectivity index (χ0) is 18.1. The van der Waals surface area contributed by atoms with Gasteiger partial charge in [-0.3, -0.25) is 0 Å². The molecule has 1 aromatic carbocycles. The molecule has 2 heterocycles. The molecule has 0 N–H and O–H groups in total. The zero-order valence-corrected chi connectivity index (χ0v) is 14.1. The highest BCUT2D eigenvalue weighted by Gasteiger charge is 2.38. The number of rotatable bonds is 3. The summed E-state index contributed by atoms with van der Waals surface area (Å²) in [5.74, 6) is -2.22. The first-order chi connectivity index (χ1) is 12.0. The minimum Gasteiger partial charge on any atom is -0.465 e. The fourth-order valence-corrected chi connectivity index (χ4v) is 3.23. The molecule has 130 valence electrons. The molecular formula is C18H17NO6. The van der Waals surface area contributed by atoms with Gasteiger partial charge in [0.25, 0.3) is 0 Å². The number of hydrogen-bond donors (Lipinski definition) is 0. The van der Waals surface area contributed by atoms with E-state index < -0.39 is 17.9 Å². The minimum absolute atomic E-state index is 0.000692. The van der Waals surface area contributed by atoms with Gasteiger partial charge in [-0.1, -0.05) is 24.3 Å². The van der Waals surface area contributed by atoms with E-state index in [1.807, 2.05) is 24.3 Å². The number of methoxy groups -OCH3 is 3. The Hall–Kier alpha value is -3.09. The topological polar surface area (TPSA) is 83.8 Å². The van der Waals surface area contributed by atoms with Crippen molar-refractivity contribution in [3.8, 4) is 11.3 Å². The van der Waals surface area contributed by atoms with E-state index in [0.717, 1.165) is 11.1 Å². The van der Waals surface area contributed by atoms with Gasteiger partial charge < -0.3 is 18.8 Å². The van der Waals surface area contributed by atoms with Crippen molar-refractivity contribution in [2.75, 3.05) is 21.3 Å². The maximum atomic E-state index is 12.5. The largest absolute Gasteiger partial charge is 0.465 e. The standard InChI is InChI=1S/C18H17NO6/c1-23-16(20)12-13(17(21)24-2)15(18(22)25-3)19-9-8-10-6-4-5-7-11(10)14(12)19/h4-7H,8-9H2,1-3H3. The van der Waals surface area contributed by atoms with E-state index in [2.05, 4.69) is 0 Å². The summed E-state index contributed by atoms with van der Waals surface area (Å²) >= 11 is 0. The van der Waals surface area contributed by atoms with E-state index in [1.165, 1.54) is 21.3 Å². The molecule has 3 rings (SSSR count). The van der Waals surface area contributed by atoms with Crippen molar-refractivity contribution >= 4 is 17.9 Å². The molecule has 0 atom stereocenters. The Morgan fingerprint density at radius 1 is 0.880 bits per heavy atom. The number of hydrogen-bond acceptors (Lipinski definition) is 6. The van der Waals surface area contributed by atoms with Gasteiger partial charge in [0.1, 0.15) is 16.8 Å². The lowest BCUT2D eigenvalue weighted by Crippen LogP contribution is -2.19. The van der Waals surface area contributed by atoms with Crippen molar-refractivity contribution < 1.29 is 28.6 Å². The van der Waals surface area contributed by atoms with Crippen molar-refractivity contribution in [2.24, 2.45) is 0 Å². The van der Waals surface area contributed by atoms with Gasteiger partial charge in [0.2, 0.25) is 0 Å². The third-order valence-corrected chi connectivity index (χ3v) is 4.30. The highest BCUT2D eigenvalue weighted by molar-refractivity contribution is 6.14. The number of carbonyl (C=O) groups is 3. The zero-order valence-electron chi connectivity index (χ0n) is 14.1. The Bertz CT molecular complexity index is 880. The van der Waals surface area contributed by atoms with Crippen LogP contribution in [0, 0.1) is 0 Å². The second-order valence-electron chi connectivity index (χ2n) is 5.48. The number of carbonyl (C=O) groups excluding carboxylic acids is 3. The van der Waals surface area contributed by atoms with Gasteiger partial charge in [-0.2, -0.15) is 0 Å². The molecule has 7 nitrogen and oxygen atoms in total. The molecule has 0 radical (unpaired) electrons. The van der Waals surface area contributed by atoms with Crippen LogP contribution in [0.3, 0.4) is 0 Å². The molecule has 0 aliphatic carbocycles. The molecule has 0 unspecified atom stereocenters. The summed E-state index contributed by atoms with van der Waals surface area (Å²) in [6, 6.07) is 7.52. The molecule has 1 aromatic heterocycles. The predicted molar refractivity (Wildman–Crippen MR) is 87.6 cm³/mol. The second-order valence-corrected chi connectivity index (χ2v) is 5.48. The number of ether oxygens (including phenoxy) is 3. The van der Waals surface area contributed by atoms with E-state index >= 15 is 0 Å². The quantitative estimate of drug-likeness (QED) is 0.627. The average molecular weight is 343 g/mol. The van der Waals surface area contributed by atoms with Gasteiger partial charge in [-0.15, -0.1) is 0 Å². The van der Waals surface area contributed by atoms with Crippen LogP contribution < -0.4 is 0 Å². The van der Waals surface area contributed by atoms with Crippen LogP contribution in [0.15, 0.2) is 24.3 Å². The molecule has 2 aromatic rings. The van der Waals surface area contributed by atoms with Gasteiger partial charge in [0.05, 0.1) is 27.0 Å². The van der Waals surface area contributed by atoms with Crippen LogP contribution in [0.25, 0.3) is 11.3 Å². The van der Waals surface area contributed by atoms with Gasteiger partial charge >= 0.3 is 17.9 Å². The van der Waals surface area contributed by atoms with Crippen LogP contribution in [-0.4, -0.2) is 43.8 Å². The minimum atomic E-state index is -0.791. The Morgan fingerprint density at radius 2 is 1.48 bits per heavy atom. The highest BCUT2D eigenvalue weighted by Crippen LogP contribution is 2.38. The Labute approximate surface area is 144 Å². The van der Waals surface area contributed by atoms with Crippen LogP contribution in [0.1, 0.15) is 36.8 Å². The number of fused-ring (bicyclic) bond motifs is 3. The summed E-state index contributed by atoms with van der Waals surface area (Å²) in [5.41, 5.74) is 2.14. The van der Waals surface area contributed by atoms with E-state index in [1.54, 1.807) is 4.57 Å². The second kappa shape index (κ2) is 6.43. The maximum Gasteiger partial charge on any atom is 0.355 e. The molecule has 7 heteroatoms. The Morgan fingerprint density at radius 3 is 2.12 bits per heavy atom. The maximum absolute atomic E-state index is 12.5. The van der Waals surface area contributed by atoms with Crippen LogP contribution in [-0.2, 0) is 27.2 Å². The summed E-state index contributed by atoms with van der Waals surface area (Å²) in [4.78, 5) is 37.2. The number of nitrogens with zero attached hydrogens (tertiary/aromatic N) is 1. The Balaban J connectivity index is 2.44. The van der Waals surface area contributed by atoms with Crippen molar-refractivity contribution in [1.29, 1.82) is 0 Å². The normalized spacial score (nSPS) is 12.0. The summed E-state index contributed by atoms with van der Waals surface area (Å²) < 4.78 is 16.1. The molecule has 1 aliphatic rings. The van der Waals surface area contributed by atoms with Crippen molar-refractivity contribution in [2.45, 2.75) is 13.0 Å². The third kappa shape index (κ3) is 2.48. The fraction of sp³-hybridized carbons (Fsp3) is 0.278. The van der Waals surface area contributed by atoms with E-state index in [4.69, 9.17) is 14.2 Å². The fourth-order valence-electron chi connectivity index (χ4n) is 3.23.